The zero-order valence-corrected chi connectivity index (χ0v) is 18.7. The van der Waals surface area contributed by atoms with Crippen molar-refractivity contribution in [2.45, 2.75) is 26.7 Å². The van der Waals surface area contributed by atoms with E-state index in [0.717, 1.165) is 17.0 Å². The molecule has 1 amide bonds. The van der Waals surface area contributed by atoms with E-state index in [1.54, 1.807) is 0 Å². The van der Waals surface area contributed by atoms with Crippen molar-refractivity contribution in [2.75, 3.05) is 52.1 Å². The monoisotopic (exact) mass is 424 g/mol. The van der Waals surface area contributed by atoms with Crippen LogP contribution in [0.15, 0.2) is 6.07 Å². The summed E-state index contributed by atoms with van der Waals surface area (Å²) in [5, 5.41) is 0. The van der Waals surface area contributed by atoms with Gasteiger partial charge < -0.3 is 9.47 Å². The van der Waals surface area contributed by atoms with Gasteiger partial charge in [-0.1, -0.05) is 0 Å². The summed E-state index contributed by atoms with van der Waals surface area (Å²) >= 11 is 0. The summed E-state index contributed by atoms with van der Waals surface area (Å²) in [5.74, 6) is 0.147. The zero-order valence-electron chi connectivity index (χ0n) is 17.8. The molecular formula is C20H32N4O4S. The molecule has 0 atom stereocenters. The van der Waals surface area contributed by atoms with Crippen LogP contribution >= 0.6 is 0 Å². The van der Waals surface area contributed by atoms with Gasteiger partial charge in [0, 0.05) is 69.2 Å². The fourth-order valence-electron chi connectivity index (χ4n) is 4.24. The lowest BCUT2D eigenvalue weighted by Gasteiger charge is -2.38. The Hall–Kier alpha value is -1.71. The molecule has 3 rings (SSSR count). The SMILES string of the molecule is Cc1cc(C(=O)CN2CCN(C(=O)C3CCN(S(C)(=O)=O)CC3)CC2)c(C)n1C. The molecule has 0 unspecified atom stereocenters. The molecule has 0 aromatic carbocycles. The van der Waals surface area contributed by atoms with Crippen LogP contribution in [0.4, 0.5) is 0 Å². The van der Waals surface area contributed by atoms with Crippen LogP contribution in [0, 0.1) is 19.8 Å². The van der Waals surface area contributed by atoms with E-state index in [1.807, 2.05) is 36.4 Å². The molecule has 0 bridgehead atoms. The summed E-state index contributed by atoms with van der Waals surface area (Å²) in [7, 11) is -1.21. The van der Waals surface area contributed by atoms with Crippen molar-refractivity contribution in [3.05, 3.63) is 23.0 Å². The van der Waals surface area contributed by atoms with E-state index >= 15 is 0 Å². The van der Waals surface area contributed by atoms with E-state index in [4.69, 9.17) is 0 Å². The maximum atomic E-state index is 12.8. The Balaban J connectivity index is 1.48. The van der Waals surface area contributed by atoms with Gasteiger partial charge in [0.15, 0.2) is 5.78 Å². The molecule has 0 spiro atoms. The molecular weight excluding hydrogens is 392 g/mol. The molecule has 3 heterocycles. The Kier molecular flexibility index (Phi) is 6.50. The quantitative estimate of drug-likeness (QED) is 0.648. The van der Waals surface area contributed by atoms with Crippen molar-refractivity contribution in [3.63, 3.8) is 0 Å². The van der Waals surface area contributed by atoms with E-state index in [9.17, 15) is 18.0 Å². The summed E-state index contributed by atoms with van der Waals surface area (Å²) in [6.07, 6.45) is 2.38. The molecule has 2 fully saturated rings. The van der Waals surface area contributed by atoms with E-state index in [2.05, 4.69) is 4.90 Å². The fourth-order valence-corrected chi connectivity index (χ4v) is 5.12. The molecule has 0 radical (unpaired) electrons. The molecule has 9 heteroatoms. The first-order valence-corrected chi connectivity index (χ1v) is 12.0. The normalized spacial score (nSPS) is 20.2. The highest BCUT2D eigenvalue weighted by Crippen LogP contribution is 2.22. The summed E-state index contributed by atoms with van der Waals surface area (Å²) in [4.78, 5) is 29.5. The minimum atomic E-state index is -3.18. The van der Waals surface area contributed by atoms with Gasteiger partial charge in [-0.05, 0) is 32.8 Å². The molecule has 0 aliphatic carbocycles. The minimum absolute atomic E-state index is 0.101. The van der Waals surface area contributed by atoms with E-state index < -0.39 is 10.0 Å². The summed E-state index contributed by atoms with van der Waals surface area (Å²) in [5.41, 5.74) is 2.84. The number of carbonyl (C=O) groups excluding carboxylic acids is 2. The predicted octanol–water partition coefficient (Wildman–Crippen LogP) is 0.640. The number of hydrogen-bond acceptors (Lipinski definition) is 5. The second-order valence-electron chi connectivity index (χ2n) is 8.30. The second-order valence-corrected chi connectivity index (χ2v) is 10.3. The number of aryl methyl sites for hydroxylation is 1. The largest absolute Gasteiger partial charge is 0.351 e. The highest BCUT2D eigenvalue weighted by atomic mass is 32.2. The number of aromatic nitrogens is 1. The van der Waals surface area contributed by atoms with Crippen molar-refractivity contribution in [2.24, 2.45) is 13.0 Å². The number of sulfonamides is 1. The molecule has 1 aromatic heterocycles. The van der Waals surface area contributed by atoms with Gasteiger partial charge >= 0.3 is 0 Å². The second kappa shape index (κ2) is 8.57. The molecule has 0 saturated carbocycles. The summed E-state index contributed by atoms with van der Waals surface area (Å²) < 4.78 is 26.7. The van der Waals surface area contributed by atoms with Gasteiger partial charge in [0.25, 0.3) is 0 Å². The highest BCUT2D eigenvalue weighted by molar-refractivity contribution is 7.88. The number of carbonyl (C=O) groups is 2. The zero-order chi connectivity index (χ0) is 21.3. The number of ketones is 1. The van der Waals surface area contributed by atoms with Crippen molar-refractivity contribution in [3.8, 4) is 0 Å². The van der Waals surface area contributed by atoms with Gasteiger partial charge in [0.1, 0.15) is 0 Å². The minimum Gasteiger partial charge on any atom is -0.351 e. The Bertz CT molecular complexity index is 877. The molecule has 8 nitrogen and oxygen atoms in total. The third kappa shape index (κ3) is 4.90. The van der Waals surface area contributed by atoms with E-state index in [0.29, 0.717) is 58.7 Å². The Morgan fingerprint density at radius 2 is 1.62 bits per heavy atom. The predicted molar refractivity (Wildman–Crippen MR) is 111 cm³/mol. The average molecular weight is 425 g/mol. The van der Waals surface area contributed by atoms with Gasteiger partial charge in [-0.15, -0.1) is 0 Å². The van der Waals surface area contributed by atoms with E-state index in [1.165, 1.54) is 10.6 Å². The van der Waals surface area contributed by atoms with Gasteiger partial charge in [-0.25, -0.2) is 12.7 Å². The Morgan fingerprint density at radius 1 is 1.03 bits per heavy atom. The lowest BCUT2D eigenvalue weighted by Crippen LogP contribution is -2.52. The number of piperazine rings is 1. The number of piperidine rings is 1. The number of hydrogen-bond donors (Lipinski definition) is 0. The molecule has 2 aliphatic heterocycles. The average Bonchev–Trinajstić information content (AvgIpc) is 2.95. The third-order valence-electron chi connectivity index (χ3n) is 6.40. The van der Waals surface area contributed by atoms with Crippen LogP contribution in [-0.2, 0) is 21.9 Å². The standard InChI is InChI=1S/C20H32N4O4S/c1-15-13-18(16(2)21(15)3)19(25)14-22-9-11-23(12-10-22)20(26)17-5-7-24(8-6-17)29(4,27)28/h13,17H,5-12,14H2,1-4H3. The lowest BCUT2D eigenvalue weighted by molar-refractivity contribution is -0.138. The molecule has 2 aliphatic rings. The lowest BCUT2D eigenvalue weighted by atomic mass is 9.96. The maximum Gasteiger partial charge on any atom is 0.225 e. The van der Waals surface area contributed by atoms with Crippen molar-refractivity contribution >= 4 is 21.7 Å². The Morgan fingerprint density at radius 3 is 2.10 bits per heavy atom. The Labute approximate surface area is 173 Å². The third-order valence-corrected chi connectivity index (χ3v) is 7.70. The number of rotatable bonds is 5. The van der Waals surface area contributed by atoms with Crippen molar-refractivity contribution in [1.82, 2.24) is 18.7 Å². The molecule has 162 valence electrons. The van der Waals surface area contributed by atoms with Crippen LogP contribution in [-0.4, -0.2) is 90.8 Å². The smallest absolute Gasteiger partial charge is 0.225 e. The molecule has 1 aromatic rings. The van der Waals surface area contributed by atoms with Gasteiger partial charge in [-0.3, -0.25) is 14.5 Å². The van der Waals surface area contributed by atoms with Gasteiger partial charge in [0.2, 0.25) is 15.9 Å². The molecule has 0 N–H and O–H groups in total. The number of nitrogens with zero attached hydrogens (tertiary/aromatic N) is 4. The number of amides is 1. The van der Waals surface area contributed by atoms with Crippen LogP contribution in [0.3, 0.4) is 0 Å². The van der Waals surface area contributed by atoms with Crippen LogP contribution in [0.2, 0.25) is 0 Å². The van der Waals surface area contributed by atoms with Crippen LogP contribution in [0.1, 0.15) is 34.6 Å². The van der Waals surface area contributed by atoms with E-state index in [-0.39, 0.29) is 17.6 Å². The van der Waals surface area contributed by atoms with Crippen LogP contribution in [0.5, 0.6) is 0 Å². The topological polar surface area (TPSA) is 82.9 Å². The first kappa shape index (κ1) is 22.0. The molecule has 29 heavy (non-hydrogen) atoms. The first-order chi connectivity index (χ1) is 13.6. The first-order valence-electron chi connectivity index (χ1n) is 10.2. The van der Waals surface area contributed by atoms with Gasteiger partial charge in [-0.2, -0.15) is 0 Å². The van der Waals surface area contributed by atoms with Crippen LogP contribution in [0.25, 0.3) is 0 Å². The van der Waals surface area contributed by atoms with Crippen molar-refractivity contribution in [1.29, 1.82) is 0 Å². The van der Waals surface area contributed by atoms with Crippen LogP contribution < -0.4 is 0 Å². The highest BCUT2D eigenvalue weighted by Gasteiger charge is 2.33. The van der Waals surface area contributed by atoms with Crippen molar-refractivity contribution < 1.29 is 18.0 Å². The van der Waals surface area contributed by atoms with Gasteiger partial charge in [0.05, 0.1) is 12.8 Å². The summed E-state index contributed by atoms with van der Waals surface area (Å²) in [6, 6.07) is 1.94. The number of Topliss-reactive ketones (excluding diaryl/α,β-unsaturated/α-hetero) is 1. The fraction of sp³-hybridized carbons (Fsp3) is 0.700. The summed E-state index contributed by atoms with van der Waals surface area (Å²) in [6.45, 7) is 7.77. The maximum absolute atomic E-state index is 12.8. The molecule has 2 saturated heterocycles.